The summed E-state index contributed by atoms with van der Waals surface area (Å²) in [6.07, 6.45) is -3.42. The third-order valence-electron chi connectivity index (χ3n) is 3.83. The summed E-state index contributed by atoms with van der Waals surface area (Å²) in [6, 6.07) is 4.66. The lowest BCUT2D eigenvalue weighted by atomic mass is 10.1. The number of piperazine rings is 1. The molecule has 1 N–H and O–H groups in total. The minimum Gasteiger partial charge on any atom is -0.363 e. The van der Waals surface area contributed by atoms with E-state index in [2.05, 4.69) is 17.1 Å². The molecule has 2 aliphatic rings. The molecule has 0 aliphatic carbocycles. The largest absolute Gasteiger partial charge is 0.416 e. The van der Waals surface area contributed by atoms with Crippen LogP contribution in [0.5, 0.6) is 0 Å². The van der Waals surface area contributed by atoms with Crippen LogP contribution in [-0.4, -0.2) is 25.2 Å². The highest BCUT2D eigenvalue weighted by molar-refractivity contribution is 5.62. The Labute approximate surface area is 104 Å². The molecule has 0 aromatic heterocycles. The Balaban J connectivity index is 2.02. The molecule has 3 rings (SSSR count). The van der Waals surface area contributed by atoms with Gasteiger partial charge >= 0.3 is 6.18 Å². The van der Waals surface area contributed by atoms with E-state index in [1.807, 2.05) is 0 Å². The molecule has 2 aliphatic heterocycles. The molecule has 0 amide bonds. The minimum absolute atomic E-state index is 0.244. The number of alkyl halides is 3. The zero-order chi connectivity index (χ0) is 12.9. The van der Waals surface area contributed by atoms with Crippen molar-refractivity contribution < 1.29 is 13.2 Å². The number of benzene rings is 1. The van der Waals surface area contributed by atoms with Gasteiger partial charge in [-0.3, -0.25) is 0 Å². The molecule has 2 heterocycles. The third kappa shape index (κ3) is 1.77. The van der Waals surface area contributed by atoms with Crippen LogP contribution in [0.1, 0.15) is 18.1 Å². The lowest BCUT2D eigenvalue weighted by molar-refractivity contribution is -0.137. The molecule has 98 valence electrons. The van der Waals surface area contributed by atoms with Gasteiger partial charge in [0.05, 0.1) is 5.56 Å². The Morgan fingerprint density at radius 3 is 2.78 bits per heavy atom. The fourth-order valence-corrected chi connectivity index (χ4v) is 3.03. The predicted molar refractivity (Wildman–Crippen MR) is 63.7 cm³/mol. The maximum Gasteiger partial charge on any atom is 0.416 e. The van der Waals surface area contributed by atoms with Crippen molar-refractivity contribution in [2.75, 3.05) is 18.0 Å². The number of halogens is 3. The van der Waals surface area contributed by atoms with E-state index in [1.165, 1.54) is 12.1 Å². The van der Waals surface area contributed by atoms with Crippen LogP contribution in [0.2, 0.25) is 0 Å². The minimum atomic E-state index is -4.26. The number of rotatable bonds is 0. The molecule has 5 heteroatoms. The Hall–Kier alpha value is -1.23. The second-order valence-corrected chi connectivity index (χ2v) is 5.11. The van der Waals surface area contributed by atoms with Crippen molar-refractivity contribution in [2.24, 2.45) is 0 Å². The monoisotopic (exact) mass is 256 g/mol. The zero-order valence-electron chi connectivity index (χ0n) is 10.1. The molecule has 2 nitrogen and oxygen atoms in total. The van der Waals surface area contributed by atoms with Crippen molar-refractivity contribution in [1.82, 2.24) is 5.32 Å². The standard InChI is InChI=1S/C13H15F3N2/c1-8-6-17-7-11-4-9-2-3-10(13(14,15)16)5-12(9)18(8)11/h2-3,5,8,11,17H,4,6-7H2,1H3/t8-,11+/m1/s1. The summed E-state index contributed by atoms with van der Waals surface area (Å²) in [5, 5.41) is 3.32. The van der Waals surface area contributed by atoms with Crippen LogP contribution in [0.4, 0.5) is 18.9 Å². The van der Waals surface area contributed by atoms with Gasteiger partial charge in [0.15, 0.2) is 0 Å². The van der Waals surface area contributed by atoms with Gasteiger partial charge in [0.1, 0.15) is 0 Å². The van der Waals surface area contributed by atoms with E-state index in [0.717, 1.165) is 30.8 Å². The highest BCUT2D eigenvalue weighted by Crippen LogP contribution is 2.39. The zero-order valence-corrected chi connectivity index (χ0v) is 10.1. The predicted octanol–water partition coefficient (Wildman–Crippen LogP) is 2.43. The summed E-state index contributed by atoms with van der Waals surface area (Å²) in [7, 11) is 0. The van der Waals surface area contributed by atoms with E-state index in [0.29, 0.717) is 6.04 Å². The molecule has 1 aromatic rings. The maximum absolute atomic E-state index is 12.7. The van der Waals surface area contributed by atoms with E-state index < -0.39 is 11.7 Å². The summed E-state index contributed by atoms with van der Waals surface area (Å²) in [5.74, 6) is 0. The highest BCUT2D eigenvalue weighted by Gasteiger charge is 2.38. The van der Waals surface area contributed by atoms with Crippen molar-refractivity contribution in [3.8, 4) is 0 Å². The van der Waals surface area contributed by atoms with E-state index in [9.17, 15) is 13.2 Å². The summed E-state index contributed by atoms with van der Waals surface area (Å²) in [5.41, 5.74) is 1.25. The first-order valence-corrected chi connectivity index (χ1v) is 6.16. The molecular formula is C13H15F3N2. The average Bonchev–Trinajstić information content (AvgIpc) is 2.66. The smallest absolute Gasteiger partial charge is 0.363 e. The highest BCUT2D eigenvalue weighted by atomic mass is 19.4. The van der Waals surface area contributed by atoms with E-state index >= 15 is 0 Å². The summed E-state index contributed by atoms with van der Waals surface area (Å²) < 4.78 is 38.2. The SMILES string of the molecule is C[C@@H]1CNC[C@@H]2Cc3ccc(C(F)(F)F)cc3N21. The van der Waals surface area contributed by atoms with Crippen molar-refractivity contribution in [3.63, 3.8) is 0 Å². The number of anilines is 1. The van der Waals surface area contributed by atoms with Gasteiger partial charge in [-0.2, -0.15) is 13.2 Å². The van der Waals surface area contributed by atoms with Crippen molar-refractivity contribution >= 4 is 5.69 Å². The van der Waals surface area contributed by atoms with Crippen LogP contribution in [0.25, 0.3) is 0 Å². The molecule has 2 atom stereocenters. The number of nitrogens with zero attached hydrogens (tertiary/aromatic N) is 1. The fraction of sp³-hybridized carbons (Fsp3) is 0.538. The first kappa shape index (κ1) is 11.8. The van der Waals surface area contributed by atoms with Gasteiger partial charge in [0.25, 0.3) is 0 Å². The average molecular weight is 256 g/mol. The molecule has 0 unspecified atom stereocenters. The van der Waals surface area contributed by atoms with Gasteiger partial charge in [0.2, 0.25) is 0 Å². The third-order valence-corrected chi connectivity index (χ3v) is 3.83. The number of hydrogen-bond acceptors (Lipinski definition) is 2. The first-order chi connectivity index (χ1) is 8.47. The molecule has 1 fully saturated rings. The van der Waals surface area contributed by atoms with E-state index in [4.69, 9.17) is 0 Å². The number of nitrogens with one attached hydrogen (secondary N) is 1. The van der Waals surface area contributed by atoms with Crippen LogP contribution in [0.3, 0.4) is 0 Å². The lowest BCUT2D eigenvalue weighted by Gasteiger charge is -2.38. The van der Waals surface area contributed by atoms with Gasteiger partial charge < -0.3 is 10.2 Å². The Morgan fingerprint density at radius 2 is 2.06 bits per heavy atom. The summed E-state index contributed by atoms with van der Waals surface area (Å²) in [6.45, 7) is 3.72. The maximum atomic E-state index is 12.7. The van der Waals surface area contributed by atoms with Gasteiger partial charge in [-0.05, 0) is 31.0 Å². The second kappa shape index (κ2) is 3.88. The Kier molecular flexibility index (Phi) is 2.55. The van der Waals surface area contributed by atoms with Crippen LogP contribution >= 0.6 is 0 Å². The quantitative estimate of drug-likeness (QED) is 0.767. The second-order valence-electron chi connectivity index (χ2n) is 5.11. The van der Waals surface area contributed by atoms with Crippen LogP contribution in [0, 0.1) is 0 Å². The van der Waals surface area contributed by atoms with Crippen LogP contribution < -0.4 is 10.2 Å². The van der Waals surface area contributed by atoms with Crippen molar-refractivity contribution in [3.05, 3.63) is 29.3 Å². The molecular weight excluding hydrogens is 241 g/mol. The molecule has 0 radical (unpaired) electrons. The normalized spacial score (nSPS) is 27.0. The van der Waals surface area contributed by atoms with Crippen molar-refractivity contribution in [2.45, 2.75) is 31.6 Å². The Morgan fingerprint density at radius 1 is 1.28 bits per heavy atom. The van der Waals surface area contributed by atoms with Gasteiger partial charge in [0, 0.05) is 30.9 Å². The first-order valence-electron chi connectivity index (χ1n) is 6.16. The van der Waals surface area contributed by atoms with E-state index in [-0.39, 0.29) is 6.04 Å². The van der Waals surface area contributed by atoms with Crippen molar-refractivity contribution in [1.29, 1.82) is 0 Å². The molecule has 0 spiro atoms. The van der Waals surface area contributed by atoms with Gasteiger partial charge in [-0.15, -0.1) is 0 Å². The van der Waals surface area contributed by atoms with Crippen LogP contribution in [0.15, 0.2) is 18.2 Å². The fourth-order valence-electron chi connectivity index (χ4n) is 3.03. The van der Waals surface area contributed by atoms with Crippen LogP contribution in [-0.2, 0) is 12.6 Å². The molecule has 1 saturated heterocycles. The number of hydrogen-bond donors (Lipinski definition) is 1. The van der Waals surface area contributed by atoms with E-state index in [1.54, 1.807) is 6.07 Å². The molecule has 0 saturated carbocycles. The molecule has 18 heavy (non-hydrogen) atoms. The molecule has 0 bridgehead atoms. The summed E-state index contributed by atoms with van der Waals surface area (Å²) >= 11 is 0. The number of fused-ring (bicyclic) bond motifs is 3. The van der Waals surface area contributed by atoms with Gasteiger partial charge in [-0.1, -0.05) is 6.07 Å². The van der Waals surface area contributed by atoms with Gasteiger partial charge in [-0.25, -0.2) is 0 Å². The molecule has 1 aromatic carbocycles. The lowest BCUT2D eigenvalue weighted by Crippen LogP contribution is -2.54. The topological polar surface area (TPSA) is 15.3 Å². The Bertz CT molecular complexity index is 470. The summed E-state index contributed by atoms with van der Waals surface area (Å²) in [4.78, 5) is 2.14.